The van der Waals surface area contributed by atoms with Gasteiger partial charge >= 0.3 is 0 Å². The minimum Gasteiger partial charge on any atom is -0.323 e. The van der Waals surface area contributed by atoms with E-state index in [1.54, 1.807) is 0 Å². The highest BCUT2D eigenvalue weighted by Crippen LogP contribution is 2.20. The first-order chi connectivity index (χ1) is 9.08. The third-order valence-electron chi connectivity index (χ3n) is 3.07. The van der Waals surface area contributed by atoms with Gasteiger partial charge in [0.25, 0.3) is 0 Å². The van der Waals surface area contributed by atoms with Crippen LogP contribution in [0.5, 0.6) is 0 Å². The van der Waals surface area contributed by atoms with E-state index in [0.717, 1.165) is 24.2 Å². The third kappa shape index (κ3) is 2.49. The minimum atomic E-state index is -0.906. The molecule has 0 saturated carbocycles. The molecule has 0 radical (unpaired) electrons. The quantitative estimate of drug-likeness (QED) is 0.925. The molecule has 4 nitrogen and oxygen atoms in total. The lowest BCUT2D eigenvalue weighted by Gasteiger charge is -2.09. The van der Waals surface area contributed by atoms with Crippen molar-refractivity contribution in [3.63, 3.8) is 0 Å². The summed E-state index contributed by atoms with van der Waals surface area (Å²) in [6, 6.07) is 3.44. The lowest BCUT2D eigenvalue weighted by atomic mass is 10.1. The van der Waals surface area contributed by atoms with Crippen molar-refractivity contribution in [1.29, 1.82) is 0 Å². The lowest BCUT2D eigenvalue weighted by Crippen LogP contribution is -2.12. The molecule has 102 valence electrons. The first kappa shape index (κ1) is 13.6. The van der Waals surface area contributed by atoms with Gasteiger partial charge in [-0.15, -0.1) is 5.10 Å². The van der Waals surface area contributed by atoms with Gasteiger partial charge in [-0.25, -0.2) is 13.5 Å². The molecule has 0 fully saturated rings. The Hall–Kier alpha value is -1.82. The molecular weight excluding hydrogens is 250 g/mol. The van der Waals surface area contributed by atoms with Crippen LogP contribution in [0.15, 0.2) is 18.2 Å². The molecule has 0 bridgehead atoms. The van der Waals surface area contributed by atoms with Crippen LogP contribution in [0.25, 0.3) is 5.69 Å². The van der Waals surface area contributed by atoms with E-state index >= 15 is 0 Å². The number of hydrogen-bond acceptors (Lipinski definition) is 3. The summed E-state index contributed by atoms with van der Waals surface area (Å²) < 4.78 is 27.7. The molecule has 0 spiro atoms. The van der Waals surface area contributed by atoms with Gasteiger partial charge in [-0.3, -0.25) is 0 Å². The van der Waals surface area contributed by atoms with Gasteiger partial charge in [0.05, 0.1) is 17.4 Å². The average molecular weight is 266 g/mol. The first-order valence-electron chi connectivity index (χ1n) is 6.23. The molecule has 1 heterocycles. The number of nitrogens with two attached hydrogens (primary N) is 1. The van der Waals surface area contributed by atoms with Gasteiger partial charge < -0.3 is 5.73 Å². The van der Waals surface area contributed by atoms with E-state index in [4.69, 9.17) is 5.73 Å². The van der Waals surface area contributed by atoms with Crippen LogP contribution in [0.3, 0.4) is 0 Å². The summed E-state index contributed by atoms with van der Waals surface area (Å²) in [5.74, 6) is -1.79. The van der Waals surface area contributed by atoms with Crippen molar-refractivity contribution in [1.82, 2.24) is 15.0 Å². The number of nitrogens with zero attached hydrogens (tertiary/aromatic N) is 3. The van der Waals surface area contributed by atoms with Gasteiger partial charge in [-0.05, 0) is 25.0 Å². The van der Waals surface area contributed by atoms with E-state index in [-0.39, 0.29) is 6.04 Å². The summed E-state index contributed by atoms with van der Waals surface area (Å²) in [6.07, 6.45) is 1.40. The van der Waals surface area contributed by atoms with Crippen molar-refractivity contribution < 1.29 is 8.78 Å². The smallest absolute Gasteiger partial charge is 0.160 e. The molecule has 0 aliphatic rings. The summed E-state index contributed by atoms with van der Waals surface area (Å²) >= 11 is 0. The molecule has 0 amide bonds. The van der Waals surface area contributed by atoms with Crippen molar-refractivity contribution >= 4 is 0 Å². The molecule has 19 heavy (non-hydrogen) atoms. The SMILES string of the molecule is CCc1c(C(N)CC)nnn1-c1ccc(F)c(F)c1. The molecule has 1 aromatic heterocycles. The largest absolute Gasteiger partial charge is 0.323 e. The van der Waals surface area contributed by atoms with E-state index < -0.39 is 11.6 Å². The van der Waals surface area contributed by atoms with Crippen LogP contribution in [0.2, 0.25) is 0 Å². The molecule has 2 aromatic rings. The monoisotopic (exact) mass is 266 g/mol. The van der Waals surface area contributed by atoms with Crippen molar-refractivity contribution in [3.05, 3.63) is 41.2 Å². The topological polar surface area (TPSA) is 56.7 Å². The molecule has 0 saturated heterocycles. The average Bonchev–Trinajstić information content (AvgIpc) is 2.84. The van der Waals surface area contributed by atoms with Gasteiger partial charge in [0, 0.05) is 6.07 Å². The Labute approximate surface area is 110 Å². The van der Waals surface area contributed by atoms with Crippen LogP contribution in [0.4, 0.5) is 8.78 Å². The molecule has 2 rings (SSSR count). The van der Waals surface area contributed by atoms with Crippen molar-refractivity contribution in [3.8, 4) is 5.69 Å². The second-order valence-corrected chi connectivity index (χ2v) is 4.30. The Morgan fingerprint density at radius 1 is 1.26 bits per heavy atom. The molecule has 6 heteroatoms. The molecule has 1 aromatic carbocycles. The predicted molar refractivity (Wildman–Crippen MR) is 67.9 cm³/mol. The first-order valence-corrected chi connectivity index (χ1v) is 6.23. The Morgan fingerprint density at radius 3 is 2.58 bits per heavy atom. The summed E-state index contributed by atoms with van der Waals surface area (Å²) in [4.78, 5) is 0. The molecule has 2 N–H and O–H groups in total. The number of halogens is 2. The van der Waals surface area contributed by atoms with Gasteiger partial charge in [-0.1, -0.05) is 19.1 Å². The van der Waals surface area contributed by atoms with E-state index in [9.17, 15) is 8.78 Å². The number of rotatable bonds is 4. The Bertz CT molecular complexity index is 580. The maximum Gasteiger partial charge on any atom is 0.160 e. The highest BCUT2D eigenvalue weighted by atomic mass is 19.2. The highest BCUT2D eigenvalue weighted by Gasteiger charge is 2.18. The highest BCUT2D eigenvalue weighted by molar-refractivity contribution is 5.35. The Balaban J connectivity index is 2.50. The predicted octanol–water partition coefficient (Wildman–Crippen LogP) is 2.52. The summed E-state index contributed by atoms with van der Waals surface area (Å²) in [5.41, 5.74) is 7.93. The van der Waals surface area contributed by atoms with Crippen LogP contribution in [0.1, 0.15) is 37.7 Å². The van der Waals surface area contributed by atoms with Gasteiger partial charge in [0.15, 0.2) is 11.6 Å². The second-order valence-electron chi connectivity index (χ2n) is 4.30. The van der Waals surface area contributed by atoms with Crippen LogP contribution < -0.4 is 5.73 Å². The molecule has 1 unspecified atom stereocenters. The van der Waals surface area contributed by atoms with Gasteiger partial charge in [0.2, 0.25) is 0 Å². The summed E-state index contributed by atoms with van der Waals surface area (Å²) in [6.45, 7) is 3.90. The van der Waals surface area contributed by atoms with Crippen LogP contribution >= 0.6 is 0 Å². The minimum absolute atomic E-state index is 0.200. The lowest BCUT2D eigenvalue weighted by molar-refractivity contribution is 0.507. The number of benzene rings is 1. The fourth-order valence-corrected chi connectivity index (χ4v) is 1.95. The maximum absolute atomic E-state index is 13.3. The molecule has 0 aliphatic carbocycles. The maximum atomic E-state index is 13.3. The second kappa shape index (κ2) is 5.44. The normalized spacial score (nSPS) is 12.7. The molecule has 0 aliphatic heterocycles. The Morgan fingerprint density at radius 2 is 2.00 bits per heavy atom. The fourth-order valence-electron chi connectivity index (χ4n) is 1.95. The van der Waals surface area contributed by atoms with E-state index in [1.807, 2.05) is 13.8 Å². The fraction of sp³-hybridized carbons (Fsp3) is 0.385. The van der Waals surface area contributed by atoms with Crippen LogP contribution in [-0.4, -0.2) is 15.0 Å². The number of hydrogen-bond donors (Lipinski definition) is 1. The molecular formula is C13H16F2N4. The summed E-state index contributed by atoms with van der Waals surface area (Å²) in [5, 5.41) is 8.05. The van der Waals surface area contributed by atoms with Crippen molar-refractivity contribution in [2.24, 2.45) is 5.73 Å². The zero-order valence-corrected chi connectivity index (χ0v) is 10.9. The van der Waals surface area contributed by atoms with Gasteiger partial charge in [-0.2, -0.15) is 0 Å². The molecule has 1 atom stereocenters. The van der Waals surface area contributed by atoms with Gasteiger partial charge in [0.1, 0.15) is 5.69 Å². The number of aromatic nitrogens is 3. The third-order valence-corrected chi connectivity index (χ3v) is 3.07. The van der Waals surface area contributed by atoms with Crippen molar-refractivity contribution in [2.45, 2.75) is 32.7 Å². The van der Waals surface area contributed by atoms with Crippen LogP contribution in [-0.2, 0) is 6.42 Å². The standard InChI is InChI=1S/C13H16F2N4/c1-3-11(16)13-12(4-2)19(18-17-13)8-5-6-9(14)10(15)7-8/h5-7,11H,3-4,16H2,1-2H3. The summed E-state index contributed by atoms with van der Waals surface area (Å²) in [7, 11) is 0. The van der Waals surface area contributed by atoms with E-state index in [0.29, 0.717) is 17.8 Å². The van der Waals surface area contributed by atoms with E-state index in [1.165, 1.54) is 10.7 Å². The Kier molecular flexibility index (Phi) is 3.90. The zero-order chi connectivity index (χ0) is 14.0. The van der Waals surface area contributed by atoms with Crippen molar-refractivity contribution in [2.75, 3.05) is 0 Å². The van der Waals surface area contributed by atoms with E-state index in [2.05, 4.69) is 10.3 Å². The van der Waals surface area contributed by atoms with Crippen LogP contribution in [0, 0.1) is 11.6 Å². The zero-order valence-electron chi connectivity index (χ0n) is 10.9.